The predicted octanol–water partition coefficient (Wildman–Crippen LogP) is 5.75. The Morgan fingerprint density at radius 2 is 1.48 bits per heavy atom. The molecule has 4 heteroatoms. The summed E-state index contributed by atoms with van der Waals surface area (Å²) in [6.45, 7) is 1.93. The van der Waals surface area contributed by atoms with Crippen LogP contribution in [0.15, 0.2) is 105 Å². The van der Waals surface area contributed by atoms with E-state index < -0.39 is 9.84 Å². The number of rotatable bonds is 4. The molecule has 3 aromatic carbocycles. The maximum Gasteiger partial charge on any atom is 0.207 e. The molecule has 0 aliphatic carbocycles. The highest BCUT2D eigenvalue weighted by atomic mass is 32.2. The van der Waals surface area contributed by atoms with Crippen LogP contribution >= 0.6 is 0 Å². The lowest BCUT2D eigenvalue weighted by Crippen LogP contribution is -2.04. The Hall–Kier alpha value is -3.11. The minimum atomic E-state index is -3.70. The number of hydrogen-bond donors (Lipinski definition) is 0. The van der Waals surface area contributed by atoms with Crippen LogP contribution in [0.4, 0.5) is 0 Å². The first kappa shape index (κ1) is 17.3. The van der Waals surface area contributed by atoms with Gasteiger partial charge in [0.05, 0.1) is 16.1 Å². The molecule has 0 aliphatic heterocycles. The Kier molecular flexibility index (Phi) is 4.42. The van der Waals surface area contributed by atoms with Crippen molar-refractivity contribution in [1.29, 1.82) is 0 Å². The summed E-state index contributed by atoms with van der Waals surface area (Å²) in [6.07, 6.45) is 1.54. The Labute approximate surface area is 158 Å². The van der Waals surface area contributed by atoms with Crippen molar-refractivity contribution in [2.45, 2.75) is 16.7 Å². The monoisotopic (exact) mass is 374 g/mol. The van der Waals surface area contributed by atoms with Gasteiger partial charge in [-0.2, -0.15) is 0 Å². The number of hydrogen-bond acceptors (Lipinski definition) is 3. The summed E-state index contributed by atoms with van der Waals surface area (Å²) < 4.78 is 32.3. The van der Waals surface area contributed by atoms with Gasteiger partial charge in [0.1, 0.15) is 5.76 Å². The van der Waals surface area contributed by atoms with E-state index in [-0.39, 0.29) is 9.79 Å². The molecule has 0 saturated heterocycles. The minimum absolute atomic E-state index is 0.239. The van der Waals surface area contributed by atoms with E-state index in [1.165, 1.54) is 0 Å². The minimum Gasteiger partial charge on any atom is -0.464 e. The Morgan fingerprint density at radius 1 is 0.741 bits per heavy atom. The summed E-state index contributed by atoms with van der Waals surface area (Å²) in [5.74, 6) is 0.528. The largest absolute Gasteiger partial charge is 0.464 e. The summed E-state index contributed by atoms with van der Waals surface area (Å²) in [4.78, 5) is 0.508. The summed E-state index contributed by atoms with van der Waals surface area (Å²) in [7, 11) is -3.70. The third-order valence-corrected chi connectivity index (χ3v) is 6.31. The first-order chi connectivity index (χ1) is 13.1. The standard InChI is InChI=1S/C23H18O3S/c1-17-9-12-20(13-10-17)27(24,25)23-16-19(18-6-3-2-4-7-18)11-14-21(23)22-8-5-15-26-22/h2-16H,1H3. The fourth-order valence-electron chi connectivity index (χ4n) is 3.03. The van der Waals surface area contributed by atoms with Gasteiger partial charge in [0.25, 0.3) is 0 Å². The molecular formula is C23H18O3S. The molecule has 27 heavy (non-hydrogen) atoms. The summed E-state index contributed by atoms with van der Waals surface area (Å²) in [5, 5.41) is 0. The molecule has 0 N–H and O–H groups in total. The highest BCUT2D eigenvalue weighted by molar-refractivity contribution is 7.91. The summed E-state index contributed by atoms with van der Waals surface area (Å²) in [5.41, 5.74) is 3.37. The average molecular weight is 374 g/mol. The zero-order valence-electron chi connectivity index (χ0n) is 14.8. The second-order valence-electron chi connectivity index (χ2n) is 6.37. The van der Waals surface area contributed by atoms with Crippen LogP contribution in [0.5, 0.6) is 0 Å². The van der Waals surface area contributed by atoms with E-state index in [0.29, 0.717) is 11.3 Å². The van der Waals surface area contributed by atoms with Crippen LogP contribution in [0, 0.1) is 6.92 Å². The average Bonchev–Trinajstić information content (AvgIpc) is 3.23. The van der Waals surface area contributed by atoms with Gasteiger partial charge in [-0.3, -0.25) is 0 Å². The molecule has 0 spiro atoms. The first-order valence-electron chi connectivity index (χ1n) is 8.61. The quantitative estimate of drug-likeness (QED) is 0.456. The van der Waals surface area contributed by atoms with Crippen molar-refractivity contribution in [2.75, 3.05) is 0 Å². The SMILES string of the molecule is Cc1ccc(S(=O)(=O)c2cc(-c3ccccc3)ccc2-c2ccco2)cc1. The van der Waals surface area contributed by atoms with E-state index in [4.69, 9.17) is 4.42 Å². The van der Waals surface area contributed by atoms with Crippen LogP contribution < -0.4 is 0 Å². The summed E-state index contributed by atoms with van der Waals surface area (Å²) >= 11 is 0. The molecule has 0 atom stereocenters. The van der Waals surface area contributed by atoms with Crippen molar-refractivity contribution in [3.05, 3.63) is 96.8 Å². The second-order valence-corrected chi connectivity index (χ2v) is 8.29. The number of furan rings is 1. The van der Waals surface area contributed by atoms with Crippen molar-refractivity contribution in [3.8, 4) is 22.5 Å². The molecule has 134 valence electrons. The van der Waals surface area contributed by atoms with Crippen molar-refractivity contribution in [3.63, 3.8) is 0 Å². The molecule has 0 amide bonds. The lowest BCUT2D eigenvalue weighted by molar-refractivity contribution is 0.577. The molecule has 0 aliphatic rings. The van der Waals surface area contributed by atoms with Crippen molar-refractivity contribution >= 4 is 9.84 Å². The molecule has 0 radical (unpaired) electrons. The van der Waals surface area contributed by atoms with Gasteiger partial charge in [-0.25, -0.2) is 8.42 Å². The Bertz CT molecular complexity index is 1160. The second kappa shape index (κ2) is 6.89. The van der Waals surface area contributed by atoms with Gasteiger partial charge < -0.3 is 4.42 Å². The molecule has 1 aromatic heterocycles. The topological polar surface area (TPSA) is 47.3 Å². The van der Waals surface area contributed by atoms with Crippen LogP contribution in [0.1, 0.15) is 5.56 Å². The maximum atomic E-state index is 13.4. The molecule has 1 heterocycles. The van der Waals surface area contributed by atoms with Gasteiger partial charge >= 0.3 is 0 Å². The smallest absolute Gasteiger partial charge is 0.207 e. The van der Waals surface area contributed by atoms with Crippen molar-refractivity contribution < 1.29 is 12.8 Å². The molecule has 0 fully saturated rings. The maximum absolute atomic E-state index is 13.4. The molecule has 0 unspecified atom stereocenters. The first-order valence-corrected chi connectivity index (χ1v) is 10.1. The lowest BCUT2D eigenvalue weighted by atomic mass is 10.0. The Morgan fingerprint density at radius 3 is 2.15 bits per heavy atom. The van der Waals surface area contributed by atoms with Crippen LogP contribution in [-0.2, 0) is 9.84 Å². The molecular weight excluding hydrogens is 356 g/mol. The number of aryl methyl sites for hydroxylation is 1. The normalized spacial score (nSPS) is 11.4. The van der Waals surface area contributed by atoms with Crippen LogP contribution in [0.3, 0.4) is 0 Å². The van der Waals surface area contributed by atoms with Crippen LogP contribution in [0.25, 0.3) is 22.5 Å². The number of benzene rings is 3. The fourth-order valence-corrected chi connectivity index (χ4v) is 4.52. The van der Waals surface area contributed by atoms with Crippen molar-refractivity contribution in [1.82, 2.24) is 0 Å². The third kappa shape index (κ3) is 3.32. The molecule has 3 nitrogen and oxygen atoms in total. The highest BCUT2D eigenvalue weighted by Gasteiger charge is 2.24. The van der Waals surface area contributed by atoms with Gasteiger partial charge in [0, 0.05) is 5.56 Å². The highest BCUT2D eigenvalue weighted by Crippen LogP contribution is 2.35. The van der Waals surface area contributed by atoms with Gasteiger partial charge in [-0.05, 0) is 54.4 Å². The zero-order chi connectivity index (χ0) is 18.9. The lowest BCUT2D eigenvalue weighted by Gasteiger charge is -2.12. The fraction of sp³-hybridized carbons (Fsp3) is 0.0435. The molecule has 0 saturated carbocycles. The molecule has 4 aromatic rings. The van der Waals surface area contributed by atoms with Crippen molar-refractivity contribution in [2.24, 2.45) is 0 Å². The van der Waals surface area contributed by atoms with Gasteiger partial charge in [-0.1, -0.05) is 54.1 Å². The number of sulfone groups is 1. The third-order valence-electron chi connectivity index (χ3n) is 4.50. The van der Waals surface area contributed by atoms with E-state index >= 15 is 0 Å². The predicted molar refractivity (Wildman–Crippen MR) is 106 cm³/mol. The van der Waals surface area contributed by atoms with E-state index in [1.807, 2.05) is 49.4 Å². The zero-order valence-corrected chi connectivity index (χ0v) is 15.6. The van der Waals surface area contributed by atoms with Gasteiger partial charge in [-0.15, -0.1) is 0 Å². The van der Waals surface area contributed by atoms with E-state index in [0.717, 1.165) is 16.7 Å². The molecule has 0 bridgehead atoms. The van der Waals surface area contributed by atoms with Crippen LogP contribution in [0.2, 0.25) is 0 Å². The van der Waals surface area contributed by atoms with Gasteiger partial charge in [0.15, 0.2) is 0 Å². The summed E-state index contributed by atoms with van der Waals surface area (Å²) in [6, 6.07) is 25.6. The van der Waals surface area contributed by atoms with Crippen LogP contribution in [-0.4, -0.2) is 8.42 Å². The Balaban J connectivity index is 1.94. The van der Waals surface area contributed by atoms with E-state index in [9.17, 15) is 8.42 Å². The molecule has 4 rings (SSSR count). The van der Waals surface area contributed by atoms with Gasteiger partial charge in [0.2, 0.25) is 9.84 Å². The van der Waals surface area contributed by atoms with E-state index in [2.05, 4.69) is 0 Å². The van der Waals surface area contributed by atoms with E-state index in [1.54, 1.807) is 48.7 Å².